The number of ether oxygens (including phenoxy) is 2. The Balaban J connectivity index is 0.000000656. The monoisotopic (exact) mass is 425 g/mol. The number of carboxylic acids is 2. The second kappa shape index (κ2) is 13.0. The molecule has 30 heavy (non-hydrogen) atoms. The van der Waals surface area contributed by atoms with Crippen LogP contribution in [0.1, 0.15) is 13.3 Å². The molecule has 0 radical (unpaired) electrons. The molecule has 2 rings (SSSR count). The molecule has 0 spiro atoms. The largest absolute Gasteiger partial charge is 0.497 e. The number of amides is 2. The third-order valence-corrected chi connectivity index (χ3v) is 4.09. The van der Waals surface area contributed by atoms with Crippen molar-refractivity contribution in [2.45, 2.75) is 13.3 Å². The lowest BCUT2D eigenvalue weighted by molar-refractivity contribution is -0.159. The van der Waals surface area contributed by atoms with Crippen LogP contribution in [-0.2, 0) is 19.1 Å². The molecule has 1 heterocycles. The van der Waals surface area contributed by atoms with Gasteiger partial charge in [0.25, 0.3) is 0 Å². The van der Waals surface area contributed by atoms with Crippen molar-refractivity contribution < 1.29 is 38.9 Å². The summed E-state index contributed by atoms with van der Waals surface area (Å²) in [7, 11) is 1.59. The zero-order valence-electron chi connectivity index (χ0n) is 17.0. The van der Waals surface area contributed by atoms with Gasteiger partial charge in [-0.2, -0.15) is 0 Å². The summed E-state index contributed by atoms with van der Waals surface area (Å²) in [6.07, 6.45) is 0.157. The minimum Gasteiger partial charge on any atom is -0.497 e. The number of carbonyl (C=O) groups excluding carboxylic acids is 2. The molecule has 1 fully saturated rings. The molecule has 0 unspecified atom stereocenters. The number of nitrogens with zero attached hydrogens (tertiary/aromatic N) is 2. The number of methoxy groups -OCH3 is 1. The molecule has 1 aliphatic rings. The van der Waals surface area contributed by atoms with Crippen LogP contribution in [0, 0.1) is 0 Å². The highest BCUT2D eigenvalue weighted by Crippen LogP contribution is 2.16. The maximum absolute atomic E-state index is 12.0. The van der Waals surface area contributed by atoms with Crippen LogP contribution in [-0.4, -0.2) is 90.4 Å². The number of aliphatic carboxylic acids is 2. The smallest absolute Gasteiger partial charge is 0.414 e. The SMILES string of the molecule is CCOC(=O)N1CCN(CCC(=O)Nc2cccc(OC)c2)CC1.O=C(O)C(=O)O. The molecule has 11 heteroatoms. The van der Waals surface area contributed by atoms with Crippen molar-refractivity contribution in [3.63, 3.8) is 0 Å². The second-order valence-corrected chi connectivity index (χ2v) is 6.17. The summed E-state index contributed by atoms with van der Waals surface area (Å²) in [5.41, 5.74) is 0.728. The molecule has 1 aromatic rings. The van der Waals surface area contributed by atoms with Gasteiger partial charge in [-0.1, -0.05) is 6.07 Å². The Bertz CT molecular complexity index is 720. The average molecular weight is 425 g/mol. The molecule has 0 saturated carbocycles. The van der Waals surface area contributed by atoms with Crippen LogP contribution >= 0.6 is 0 Å². The minimum absolute atomic E-state index is 0.0314. The van der Waals surface area contributed by atoms with E-state index in [0.717, 1.165) is 18.8 Å². The van der Waals surface area contributed by atoms with Crippen molar-refractivity contribution in [1.29, 1.82) is 0 Å². The van der Waals surface area contributed by atoms with E-state index in [1.54, 1.807) is 25.0 Å². The van der Waals surface area contributed by atoms with Crippen LogP contribution < -0.4 is 10.1 Å². The number of rotatable bonds is 6. The molecular formula is C19H27N3O8. The van der Waals surface area contributed by atoms with E-state index in [0.29, 0.717) is 38.4 Å². The topological polar surface area (TPSA) is 146 Å². The summed E-state index contributed by atoms with van der Waals surface area (Å²) in [5, 5.41) is 17.7. The molecule has 1 aromatic carbocycles. The molecule has 11 nitrogen and oxygen atoms in total. The van der Waals surface area contributed by atoms with E-state index in [2.05, 4.69) is 10.2 Å². The first-order valence-corrected chi connectivity index (χ1v) is 9.31. The van der Waals surface area contributed by atoms with Crippen LogP contribution in [0.4, 0.5) is 10.5 Å². The van der Waals surface area contributed by atoms with E-state index in [1.807, 2.05) is 18.2 Å². The standard InChI is InChI=1S/C17H25N3O4.C2H2O4/c1-3-24-17(22)20-11-9-19(10-12-20)8-7-16(21)18-14-5-4-6-15(13-14)23-2;3-1(4)2(5)6/h4-6,13H,3,7-12H2,1-2H3,(H,18,21);(H,3,4)(H,5,6). The normalized spacial score (nSPS) is 13.5. The van der Waals surface area contributed by atoms with E-state index in [4.69, 9.17) is 29.3 Å². The Morgan fingerprint density at radius 1 is 1.07 bits per heavy atom. The van der Waals surface area contributed by atoms with Crippen LogP contribution in [0.25, 0.3) is 0 Å². The van der Waals surface area contributed by atoms with Gasteiger partial charge in [0.2, 0.25) is 5.91 Å². The zero-order valence-corrected chi connectivity index (χ0v) is 17.0. The van der Waals surface area contributed by atoms with Crippen molar-refractivity contribution in [2.75, 3.05) is 51.8 Å². The Kier molecular flexibility index (Phi) is 10.7. The van der Waals surface area contributed by atoms with Crippen LogP contribution in [0.5, 0.6) is 5.75 Å². The molecule has 3 N–H and O–H groups in total. The minimum atomic E-state index is -1.82. The quantitative estimate of drug-likeness (QED) is 0.567. The highest BCUT2D eigenvalue weighted by Gasteiger charge is 2.22. The van der Waals surface area contributed by atoms with Crippen LogP contribution in [0.3, 0.4) is 0 Å². The third kappa shape index (κ3) is 9.24. The van der Waals surface area contributed by atoms with Gasteiger partial charge in [-0.15, -0.1) is 0 Å². The van der Waals surface area contributed by atoms with Gasteiger partial charge in [0.1, 0.15) is 5.75 Å². The van der Waals surface area contributed by atoms with Crippen LogP contribution in [0.15, 0.2) is 24.3 Å². The van der Waals surface area contributed by atoms with Gasteiger partial charge in [0, 0.05) is 50.9 Å². The highest BCUT2D eigenvalue weighted by atomic mass is 16.6. The number of hydrogen-bond acceptors (Lipinski definition) is 7. The first kappa shape index (κ1) is 24.7. The number of benzene rings is 1. The first-order chi connectivity index (χ1) is 14.3. The maximum Gasteiger partial charge on any atom is 0.414 e. The Morgan fingerprint density at radius 3 is 2.23 bits per heavy atom. The summed E-state index contributed by atoms with van der Waals surface area (Å²) in [4.78, 5) is 45.8. The van der Waals surface area contributed by atoms with E-state index >= 15 is 0 Å². The zero-order chi connectivity index (χ0) is 22.5. The van der Waals surface area contributed by atoms with Crippen molar-refractivity contribution >= 4 is 29.6 Å². The Morgan fingerprint density at radius 2 is 1.70 bits per heavy atom. The predicted molar refractivity (Wildman–Crippen MR) is 107 cm³/mol. The van der Waals surface area contributed by atoms with E-state index in [9.17, 15) is 9.59 Å². The number of hydrogen-bond donors (Lipinski definition) is 3. The summed E-state index contributed by atoms with van der Waals surface area (Å²) in [5.74, 6) is -2.97. The molecule has 0 aromatic heterocycles. The molecule has 1 saturated heterocycles. The molecule has 0 aliphatic carbocycles. The lowest BCUT2D eigenvalue weighted by Gasteiger charge is -2.33. The van der Waals surface area contributed by atoms with Crippen molar-refractivity contribution in [3.05, 3.63) is 24.3 Å². The first-order valence-electron chi connectivity index (χ1n) is 9.31. The van der Waals surface area contributed by atoms with Gasteiger partial charge < -0.3 is 29.9 Å². The van der Waals surface area contributed by atoms with Crippen molar-refractivity contribution in [1.82, 2.24) is 9.80 Å². The summed E-state index contributed by atoms with van der Waals surface area (Å²) in [6, 6.07) is 7.29. The summed E-state index contributed by atoms with van der Waals surface area (Å²) >= 11 is 0. The molecule has 0 atom stereocenters. The molecule has 0 bridgehead atoms. The highest BCUT2D eigenvalue weighted by molar-refractivity contribution is 6.27. The fraction of sp³-hybridized carbons (Fsp3) is 0.474. The number of carbonyl (C=O) groups is 4. The molecular weight excluding hydrogens is 398 g/mol. The van der Waals surface area contributed by atoms with E-state index < -0.39 is 11.9 Å². The number of anilines is 1. The van der Waals surface area contributed by atoms with Gasteiger partial charge >= 0.3 is 18.0 Å². The number of nitrogens with one attached hydrogen (secondary N) is 1. The van der Waals surface area contributed by atoms with Crippen molar-refractivity contribution in [3.8, 4) is 5.75 Å². The van der Waals surface area contributed by atoms with Gasteiger partial charge in [-0.05, 0) is 19.1 Å². The van der Waals surface area contributed by atoms with Crippen LogP contribution in [0.2, 0.25) is 0 Å². The fourth-order valence-corrected chi connectivity index (χ4v) is 2.55. The second-order valence-electron chi connectivity index (χ2n) is 6.17. The predicted octanol–water partition coefficient (Wildman–Crippen LogP) is 0.954. The van der Waals surface area contributed by atoms with Crippen molar-refractivity contribution in [2.24, 2.45) is 0 Å². The average Bonchev–Trinajstić information content (AvgIpc) is 2.73. The van der Waals surface area contributed by atoms with Gasteiger partial charge in [0.05, 0.1) is 13.7 Å². The van der Waals surface area contributed by atoms with Gasteiger partial charge in [0.15, 0.2) is 0 Å². The summed E-state index contributed by atoms with van der Waals surface area (Å²) < 4.78 is 10.1. The summed E-state index contributed by atoms with van der Waals surface area (Å²) in [6.45, 7) is 5.65. The van der Waals surface area contributed by atoms with Gasteiger partial charge in [-0.3, -0.25) is 9.69 Å². The van der Waals surface area contributed by atoms with E-state index in [1.165, 1.54) is 0 Å². The lowest BCUT2D eigenvalue weighted by atomic mass is 10.2. The maximum atomic E-state index is 12.0. The number of piperazine rings is 1. The molecule has 166 valence electrons. The Hall–Kier alpha value is -3.34. The van der Waals surface area contributed by atoms with E-state index in [-0.39, 0.29) is 12.0 Å². The Labute approximate surface area is 174 Å². The lowest BCUT2D eigenvalue weighted by Crippen LogP contribution is -2.49. The third-order valence-electron chi connectivity index (χ3n) is 4.09. The number of carboxylic acid groups (broad SMARTS) is 2. The van der Waals surface area contributed by atoms with Gasteiger partial charge in [-0.25, -0.2) is 14.4 Å². The molecule has 1 aliphatic heterocycles. The molecule has 2 amide bonds. The fourth-order valence-electron chi connectivity index (χ4n) is 2.55.